The molecular weight excluding hydrogens is 1120 g/mol. The van der Waals surface area contributed by atoms with Gasteiger partial charge in [-0.3, -0.25) is 38.8 Å². The van der Waals surface area contributed by atoms with Crippen LogP contribution in [0.2, 0.25) is 0 Å². The van der Waals surface area contributed by atoms with Gasteiger partial charge in [-0.05, 0) is 135 Å². The number of nitrogens with one attached hydrogen (secondary N) is 1. The Bertz CT molecular complexity index is 3740. The first-order valence-corrected chi connectivity index (χ1v) is 30.5. The second-order valence-electron chi connectivity index (χ2n) is 25.6. The summed E-state index contributed by atoms with van der Waals surface area (Å²) in [4.78, 5) is 77.2. The molecule has 3 amide bonds. The Labute approximate surface area is 503 Å². The monoisotopic (exact) mass is 1200 g/mol. The Morgan fingerprint density at radius 3 is 2.31 bits per heavy atom. The number of carbonyl (C=O) groups excluding carboxylic acids is 3. The maximum Gasteiger partial charge on any atom is 0.410 e. The average molecular weight is 1200 g/mol. The van der Waals surface area contributed by atoms with Gasteiger partial charge in [-0.1, -0.05) is 12.0 Å². The number of piperazine rings is 1. The van der Waals surface area contributed by atoms with Crippen LogP contribution in [0.15, 0.2) is 47.4 Å². The van der Waals surface area contributed by atoms with Crippen LogP contribution >= 0.6 is 0 Å². The summed E-state index contributed by atoms with van der Waals surface area (Å²) in [7, 11) is 3.52. The summed E-state index contributed by atoms with van der Waals surface area (Å²) in [6.07, 6.45) is 13.2. The quantitative estimate of drug-likeness (QED) is 0.0586. The van der Waals surface area contributed by atoms with Gasteiger partial charge in [0.1, 0.15) is 52.4 Å². The summed E-state index contributed by atoms with van der Waals surface area (Å²) in [5.41, 5.74) is -0.209. The number of amides is 3. The zero-order valence-electron chi connectivity index (χ0n) is 50.5. The molecular formula is C64H76F3N11O9. The molecule has 6 aromatic rings. The number of ether oxygens (including phenoxy) is 5. The first-order valence-electron chi connectivity index (χ1n) is 30.5. The van der Waals surface area contributed by atoms with Crippen LogP contribution in [0.4, 0.5) is 29.5 Å². The van der Waals surface area contributed by atoms with E-state index < -0.39 is 40.7 Å². The number of likely N-dealkylation sites (N-methyl/N-ethyl adjacent to an activating group) is 1. The SMILES string of the molecule is C#Cc1c(F)ccc2cc(OCOC)cc(-c3ncc4c(N5CC6CCC(C5)N6C(=O)OC(C)(C)C)nc(OC[C@@H]5C[C@@H](OC6CCN(CC7CCN(c8ccc9c(c8F)n(C(C)C)c(=O)n9C8CCC(=O)NC8=O)CC7)CC6)CN5C)nc4c3F)c12. The van der Waals surface area contributed by atoms with E-state index in [9.17, 15) is 19.2 Å². The summed E-state index contributed by atoms with van der Waals surface area (Å²) >= 11 is 0. The zero-order valence-corrected chi connectivity index (χ0v) is 50.5. The van der Waals surface area contributed by atoms with Gasteiger partial charge >= 0.3 is 17.8 Å². The van der Waals surface area contributed by atoms with Crippen LogP contribution in [0, 0.1) is 35.7 Å². The number of imide groups is 1. The molecule has 9 heterocycles. The number of methoxy groups -OCH3 is 1. The molecule has 2 bridgehead atoms. The number of hydrogen-bond donors (Lipinski definition) is 1. The lowest BCUT2D eigenvalue weighted by molar-refractivity contribution is -0.135. The van der Waals surface area contributed by atoms with Crippen molar-refractivity contribution in [2.75, 3.05) is 89.7 Å². The highest BCUT2D eigenvalue weighted by Gasteiger charge is 2.46. The first-order chi connectivity index (χ1) is 41.7. The third-order valence-corrected chi connectivity index (χ3v) is 18.3. The van der Waals surface area contributed by atoms with Crippen molar-refractivity contribution in [3.05, 3.63) is 76.1 Å². The molecule has 0 radical (unpaired) electrons. The number of likely N-dealkylation sites (tertiary alicyclic amines) is 2. The fourth-order valence-corrected chi connectivity index (χ4v) is 14.1. The maximum absolute atomic E-state index is 17.7. The molecule has 3 aromatic carbocycles. The van der Waals surface area contributed by atoms with Crippen LogP contribution in [0.25, 0.3) is 44.0 Å². The molecule has 5 atom stereocenters. The lowest BCUT2D eigenvalue weighted by Crippen LogP contribution is -2.57. The molecule has 0 saturated carbocycles. The van der Waals surface area contributed by atoms with Crippen LogP contribution in [0.5, 0.6) is 11.8 Å². The van der Waals surface area contributed by atoms with Crippen LogP contribution in [0.3, 0.4) is 0 Å². The van der Waals surface area contributed by atoms with E-state index in [1.54, 1.807) is 30.3 Å². The van der Waals surface area contributed by atoms with Crippen molar-refractivity contribution in [1.29, 1.82) is 0 Å². The largest absolute Gasteiger partial charge is 0.468 e. The summed E-state index contributed by atoms with van der Waals surface area (Å²) < 4.78 is 82.7. The third-order valence-electron chi connectivity index (χ3n) is 18.3. The van der Waals surface area contributed by atoms with Gasteiger partial charge < -0.3 is 38.4 Å². The number of hydrogen-bond acceptors (Lipinski definition) is 16. The Hall–Kier alpha value is -7.52. The van der Waals surface area contributed by atoms with Crippen molar-refractivity contribution >= 4 is 62.1 Å². The highest BCUT2D eigenvalue weighted by molar-refractivity contribution is 6.03. The van der Waals surface area contributed by atoms with Gasteiger partial charge in [0.15, 0.2) is 18.4 Å². The van der Waals surface area contributed by atoms with Gasteiger partial charge in [-0.2, -0.15) is 9.97 Å². The maximum atomic E-state index is 17.7. The van der Waals surface area contributed by atoms with E-state index in [0.717, 1.165) is 58.2 Å². The van der Waals surface area contributed by atoms with Crippen molar-refractivity contribution in [3.8, 4) is 35.4 Å². The number of pyridine rings is 1. The van der Waals surface area contributed by atoms with Crippen molar-refractivity contribution in [3.63, 3.8) is 0 Å². The van der Waals surface area contributed by atoms with Gasteiger partial charge in [0.25, 0.3) is 0 Å². The third kappa shape index (κ3) is 11.8. The molecule has 87 heavy (non-hydrogen) atoms. The Kier molecular flexibility index (Phi) is 16.6. The molecule has 12 rings (SSSR count). The number of benzene rings is 3. The average Bonchev–Trinajstić information content (AvgIpc) is 2.69. The Morgan fingerprint density at radius 2 is 1.62 bits per heavy atom. The number of halogens is 3. The second-order valence-corrected chi connectivity index (χ2v) is 25.6. The summed E-state index contributed by atoms with van der Waals surface area (Å²) in [6, 6.07) is 7.79. The predicted octanol–water partition coefficient (Wildman–Crippen LogP) is 8.34. The zero-order chi connectivity index (χ0) is 61.2. The second kappa shape index (κ2) is 24.2. The summed E-state index contributed by atoms with van der Waals surface area (Å²) in [5.74, 6) is 0.786. The molecule has 3 aromatic heterocycles. The number of fused-ring (bicyclic) bond motifs is 5. The van der Waals surface area contributed by atoms with Crippen LogP contribution < -0.4 is 30.3 Å². The smallest absolute Gasteiger partial charge is 0.410 e. The molecule has 6 aliphatic rings. The Morgan fingerprint density at radius 1 is 0.874 bits per heavy atom. The topological polar surface area (TPSA) is 191 Å². The predicted molar refractivity (Wildman–Crippen MR) is 321 cm³/mol. The molecule has 6 fully saturated rings. The van der Waals surface area contributed by atoms with E-state index in [2.05, 4.69) is 30.9 Å². The number of aromatic nitrogens is 5. The number of anilines is 2. The lowest BCUT2D eigenvalue weighted by atomic mass is 9.94. The Balaban J connectivity index is 0.703. The van der Waals surface area contributed by atoms with E-state index in [1.807, 2.05) is 51.5 Å². The summed E-state index contributed by atoms with van der Waals surface area (Å²) in [6.45, 7) is 14.9. The molecule has 6 saturated heterocycles. The van der Waals surface area contributed by atoms with E-state index in [1.165, 1.54) is 28.5 Å². The van der Waals surface area contributed by atoms with Crippen molar-refractivity contribution < 1.29 is 51.2 Å². The molecule has 0 aliphatic carbocycles. The minimum absolute atomic E-state index is 0.0326. The van der Waals surface area contributed by atoms with Crippen molar-refractivity contribution in [2.24, 2.45) is 5.92 Å². The fourth-order valence-electron chi connectivity index (χ4n) is 14.1. The van der Waals surface area contributed by atoms with Gasteiger partial charge in [0.05, 0.1) is 46.4 Å². The number of rotatable bonds is 15. The van der Waals surface area contributed by atoms with Gasteiger partial charge in [-0.15, -0.1) is 6.42 Å². The standard InChI is InChI=1S/C64H76F3N11O9/c1-9-45-48(65)13-10-38-26-43(85-35-83-8)28-46(53(38)45)56-55(67)57-47(29-68-56)59(75-31-39-11-12-40(32-75)77(39)63(82)87-64(4,5)6)71-61(70-57)84-34-41-27-44(33-72(41)7)86-42-20-22-73(23-21-42)30-37-18-24-74(25-19-37)49-14-15-50-58(54(49)66)76(36(2)3)62(81)78(50)51-16-17-52(79)69-60(51)80/h1,10,13-15,26,28-29,36-37,39-42,44,51H,11-12,16-25,27,30-35H2,2-8H3,(H,69,79,80)/t39?,40?,41-,44+,51?/m0/s1. The van der Waals surface area contributed by atoms with E-state index in [-0.39, 0.29) is 114 Å². The number of piperidine rings is 3. The molecule has 20 nitrogen and oxygen atoms in total. The highest BCUT2D eigenvalue weighted by atomic mass is 19.1. The number of nitrogens with zero attached hydrogens (tertiary/aromatic N) is 10. The number of terminal acetylenes is 1. The van der Waals surface area contributed by atoms with Crippen LogP contribution in [-0.4, -0.2) is 173 Å². The molecule has 462 valence electrons. The van der Waals surface area contributed by atoms with E-state index in [4.69, 9.17) is 40.1 Å². The minimum Gasteiger partial charge on any atom is -0.468 e. The lowest BCUT2D eigenvalue weighted by Gasteiger charge is -2.42. The van der Waals surface area contributed by atoms with Crippen molar-refractivity contribution in [1.82, 2.24) is 44.1 Å². The first kappa shape index (κ1) is 59.8. The fraction of sp³-hybridized carbons (Fsp3) is 0.547. The number of carbonyl (C=O) groups is 3. The normalized spacial score (nSPS) is 22.7. The molecule has 1 N–H and O–H groups in total. The molecule has 3 unspecified atom stereocenters. The van der Waals surface area contributed by atoms with Gasteiger partial charge in [0.2, 0.25) is 11.8 Å². The van der Waals surface area contributed by atoms with Gasteiger partial charge in [-0.25, -0.2) is 22.8 Å². The summed E-state index contributed by atoms with van der Waals surface area (Å²) in [5, 5.41) is 3.46. The van der Waals surface area contributed by atoms with Gasteiger partial charge in [0, 0.05) is 95.1 Å². The highest BCUT2D eigenvalue weighted by Crippen LogP contribution is 2.42. The van der Waals surface area contributed by atoms with E-state index >= 15 is 13.2 Å². The number of imidazole rings is 1. The van der Waals surface area contributed by atoms with Crippen LogP contribution in [0.1, 0.15) is 110 Å². The molecule has 23 heteroatoms. The van der Waals surface area contributed by atoms with Crippen LogP contribution in [-0.2, 0) is 23.8 Å². The minimum atomic E-state index is -0.897. The van der Waals surface area contributed by atoms with Crippen molar-refractivity contribution in [2.45, 2.75) is 140 Å². The van der Waals surface area contributed by atoms with E-state index in [0.29, 0.717) is 78.6 Å². The molecule has 0 spiro atoms. The molecule has 6 aliphatic heterocycles.